The first-order valence-electron chi connectivity index (χ1n) is 6.24. The molecule has 0 spiro atoms. The fraction of sp³-hybridized carbons (Fsp3) is 0.200. The van der Waals surface area contributed by atoms with Crippen LogP contribution in [0, 0.1) is 12.7 Å². The van der Waals surface area contributed by atoms with Gasteiger partial charge in [-0.1, -0.05) is 6.07 Å². The summed E-state index contributed by atoms with van der Waals surface area (Å²) in [7, 11) is 0. The summed E-state index contributed by atoms with van der Waals surface area (Å²) >= 11 is 1.54. The van der Waals surface area contributed by atoms with Crippen LogP contribution in [0.5, 0.6) is 0 Å². The molecule has 5 heteroatoms. The summed E-state index contributed by atoms with van der Waals surface area (Å²) in [6, 6.07) is 9.66. The highest BCUT2D eigenvalue weighted by molar-refractivity contribution is 7.99. The summed E-state index contributed by atoms with van der Waals surface area (Å²) in [5.74, 6) is 0.253. The van der Waals surface area contributed by atoms with Crippen molar-refractivity contribution in [2.45, 2.75) is 18.4 Å². The molecule has 1 amide bonds. The number of hydrogen-bond donors (Lipinski definition) is 1. The zero-order chi connectivity index (χ0) is 14.4. The summed E-state index contributed by atoms with van der Waals surface area (Å²) in [4.78, 5) is 16.0. The number of benzene rings is 1. The predicted octanol–water partition coefficient (Wildman–Crippen LogP) is 3.65. The van der Waals surface area contributed by atoms with E-state index in [4.69, 9.17) is 0 Å². The lowest BCUT2D eigenvalue weighted by Crippen LogP contribution is -2.12. The number of nitrogens with zero attached hydrogens (tertiary/aromatic N) is 1. The van der Waals surface area contributed by atoms with E-state index < -0.39 is 0 Å². The highest BCUT2D eigenvalue weighted by atomic mass is 32.2. The van der Waals surface area contributed by atoms with Gasteiger partial charge in [-0.05, 0) is 42.8 Å². The van der Waals surface area contributed by atoms with E-state index in [1.165, 1.54) is 23.9 Å². The molecule has 104 valence electrons. The first kappa shape index (κ1) is 14.5. The van der Waals surface area contributed by atoms with Gasteiger partial charge in [0.15, 0.2) is 0 Å². The number of amides is 1. The molecule has 0 saturated carbocycles. The molecule has 1 aromatic carbocycles. The van der Waals surface area contributed by atoms with Crippen molar-refractivity contribution in [1.29, 1.82) is 0 Å². The van der Waals surface area contributed by atoms with E-state index in [-0.39, 0.29) is 11.7 Å². The molecule has 2 rings (SSSR count). The molecule has 2 aromatic rings. The van der Waals surface area contributed by atoms with E-state index in [2.05, 4.69) is 10.3 Å². The van der Waals surface area contributed by atoms with E-state index in [0.29, 0.717) is 17.9 Å². The number of halogens is 1. The third kappa shape index (κ3) is 4.66. The summed E-state index contributed by atoms with van der Waals surface area (Å²) in [5, 5.41) is 3.63. The quantitative estimate of drug-likeness (QED) is 0.855. The molecule has 1 N–H and O–H groups in total. The average molecular weight is 290 g/mol. The van der Waals surface area contributed by atoms with Crippen molar-refractivity contribution in [3.8, 4) is 0 Å². The van der Waals surface area contributed by atoms with E-state index in [1.807, 2.05) is 19.1 Å². The van der Waals surface area contributed by atoms with Crippen LogP contribution in [0.25, 0.3) is 0 Å². The fourth-order valence-electron chi connectivity index (χ4n) is 1.54. The van der Waals surface area contributed by atoms with Crippen LogP contribution >= 0.6 is 11.8 Å². The standard InChI is InChI=1S/C15H15FN2OS/c1-11-2-7-15(17-10-11)20-9-8-14(19)18-13-5-3-12(16)4-6-13/h2-7,10H,8-9H2,1H3,(H,18,19). The molecule has 0 radical (unpaired) electrons. The zero-order valence-electron chi connectivity index (χ0n) is 11.1. The van der Waals surface area contributed by atoms with Crippen molar-refractivity contribution < 1.29 is 9.18 Å². The van der Waals surface area contributed by atoms with E-state index in [1.54, 1.807) is 18.3 Å². The zero-order valence-corrected chi connectivity index (χ0v) is 11.9. The highest BCUT2D eigenvalue weighted by Crippen LogP contribution is 2.16. The second-order valence-electron chi connectivity index (χ2n) is 4.33. The van der Waals surface area contributed by atoms with Gasteiger partial charge in [0.1, 0.15) is 5.82 Å². The summed E-state index contributed by atoms with van der Waals surface area (Å²) in [5.41, 5.74) is 1.72. The van der Waals surface area contributed by atoms with Crippen molar-refractivity contribution in [1.82, 2.24) is 4.98 Å². The molecular formula is C15H15FN2OS. The Balaban J connectivity index is 1.75. The molecule has 0 aliphatic heterocycles. The monoisotopic (exact) mass is 290 g/mol. The maximum Gasteiger partial charge on any atom is 0.225 e. The van der Waals surface area contributed by atoms with Crippen LogP contribution < -0.4 is 5.32 Å². The van der Waals surface area contributed by atoms with E-state index in [9.17, 15) is 9.18 Å². The van der Waals surface area contributed by atoms with Gasteiger partial charge in [0, 0.05) is 24.1 Å². The second-order valence-corrected chi connectivity index (χ2v) is 5.44. The van der Waals surface area contributed by atoms with Crippen LogP contribution in [0.4, 0.5) is 10.1 Å². The average Bonchev–Trinajstić information content (AvgIpc) is 2.44. The Bertz CT molecular complexity index is 569. The topological polar surface area (TPSA) is 42.0 Å². The SMILES string of the molecule is Cc1ccc(SCCC(=O)Nc2ccc(F)cc2)nc1. The van der Waals surface area contributed by atoms with Crippen molar-refractivity contribution in [3.05, 3.63) is 54.0 Å². The van der Waals surface area contributed by atoms with Crippen LogP contribution in [0.15, 0.2) is 47.6 Å². The molecule has 0 atom stereocenters. The minimum Gasteiger partial charge on any atom is -0.326 e. The summed E-state index contributed by atoms with van der Waals surface area (Å²) < 4.78 is 12.7. The Labute approximate surface area is 121 Å². The van der Waals surface area contributed by atoms with Crippen molar-refractivity contribution in [2.75, 3.05) is 11.1 Å². The molecule has 0 fully saturated rings. The van der Waals surface area contributed by atoms with Gasteiger partial charge < -0.3 is 5.32 Å². The van der Waals surface area contributed by atoms with Gasteiger partial charge in [-0.2, -0.15) is 0 Å². The second kappa shape index (κ2) is 7.05. The summed E-state index contributed by atoms with van der Waals surface area (Å²) in [6.45, 7) is 1.98. The van der Waals surface area contributed by atoms with Gasteiger partial charge in [0.2, 0.25) is 5.91 Å². The number of carbonyl (C=O) groups excluding carboxylic acids is 1. The minimum absolute atomic E-state index is 0.0868. The molecule has 1 heterocycles. The summed E-state index contributed by atoms with van der Waals surface area (Å²) in [6.07, 6.45) is 2.19. The van der Waals surface area contributed by atoms with Crippen LogP contribution in [0.3, 0.4) is 0 Å². The Morgan fingerprint density at radius 1 is 1.25 bits per heavy atom. The first-order chi connectivity index (χ1) is 9.63. The van der Waals surface area contributed by atoms with Crippen LogP contribution in [0.2, 0.25) is 0 Å². The lowest BCUT2D eigenvalue weighted by molar-refractivity contribution is -0.115. The molecule has 0 bridgehead atoms. The van der Waals surface area contributed by atoms with Gasteiger partial charge in [0.05, 0.1) is 5.03 Å². The Morgan fingerprint density at radius 2 is 2.00 bits per heavy atom. The lowest BCUT2D eigenvalue weighted by Gasteiger charge is -2.05. The van der Waals surface area contributed by atoms with Crippen LogP contribution in [0.1, 0.15) is 12.0 Å². The number of rotatable bonds is 5. The number of aryl methyl sites for hydroxylation is 1. The number of hydrogen-bond acceptors (Lipinski definition) is 3. The van der Waals surface area contributed by atoms with Gasteiger partial charge in [0.25, 0.3) is 0 Å². The van der Waals surface area contributed by atoms with E-state index in [0.717, 1.165) is 10.6 Å². The Morgan fingerprint density at radius 3 is 2.65 bits per heavy atom. The largest absolute Gasteiger partial charge is 0.326 e. The number of thioether (sulfide) groups is 1. The highest BCUT2D eigenvalue weighted by Gasteiger charge is 2.03. The molecule has 0 saturated heterocycles. The van der Waals surface area contributed by atoms with Crippen molar-refractivity contribution in [2.24, 2.45) is 0 Å². The number of aromatic nitrogens is 1. The Hall–Kier alpha value is -1.88. The first-order valence-corrected chi connectivity index (χ1v) is 7.23. The molecular weight excluding hydrogens is 275 g/mol. The predicted molar refractivity (Wildman–Crippen MR) is 79.3 cm³/mol. The van der Waals surface area contributed by atoms with Gasteiger partial charge in [-0.25, -0.2) is 9.37 Å². The van der Waals surface area contributed by atoms with E-state index >= 15 is 0 Å². The van der Waals surface area contributed by atoms with Gasteiger partial charge in [-0.3, -0.25) is 4.79 Å². The Kier molecular flexibility index (Phi) is 5.12. The fourth-order valence-corrected chi connectivity index (χ4v) is 2.33. The number of pyridine rings is 1. The molecule has 0 unspecified atom stereocenters. The normalized spacial score (nSPS) is 10.3. The van der Waals surface area contributed by atoms with Crippen molar-refractivity contribution >= 4 is 23.4 Å². The molecule has 1 aromatic heterocycles. The van der Waals surface area contributed by atoms with Crippen LogP contribution in [-0.2, 0) is 4.79 Å². The molecule has 0 aliphatic carbocycles. The smallest absolute Gasteiger partial charge is 0.225 e. The van der Waals surface area contributed by atoms with Crippen LogP contribution in [-0.4, -0.2) is 16.6 Å². The number of carbonyl (C=O) groups is 1. The lowest BCUT2D eigenvalue weighted by atomic mass is 10.3. The van der Waals surface area contributed by atoms with Gasteiger partial charge in [-0.15, -0.1) is 11.8 Å². The molecule has 0 aliphatic rings. The molecule has 3 nitrogen and oxygen atoms in total. The third-order valence-corrected chi connectivity index (χ3v) is 3.54. The maximum atomic E-state index is 12.7. The van der Waals surface area contributed by atoms with Gasteiger partial charge >= 0.3 is 0 Å². The maximum absolute atomic E-state index is 12.7. The third-order valence-electron chi connectivity index (χ3n) is 2.59. The van der Waals surface area contributed by atoms with Crippen molar-refractivity contribution in [3.63, 3.8) is 0 Å². The minimum atomic E-state index is -0.316. The number of nitrogens with one attached hydrogen (secondary N) is 1. The number of anilines is 1. The molecule has 20 heavy (non-hydrogen) atoms.